The van der Waals surface area contributed by atoms with Crippen LogP contribution in [0.15, 0.2) is 47.4 Å². The molecule has 1 N–H and O–H groups in total. The van der Waals surface area contributed by atoms with Crippen molar-refractivity contribution in [2.75, 3.05) is 5.32 Å². The maximum Gasteiger partial charge on any atom is 0.265 e. The van der Waals surface area contributed by atoms with Crippen molar-refractivity contribution in [1.29, 1.82) is 0 Å². The molecule has 3 rings (SSSR count). The van der Waals surface area contributed by atoms with Gasteiger partial charge in [-0.2, -0.15) is 0 Å². The number of fused-ring (bicyclic) bond motifs is 1. The molecular formula is C19H19N3O2. The first-order valence-corrected chi connectivity index (χ1v) is 7.88. The van der Waals surface area contributed by atoms with Crippen molar-refractivity contribution >= 4 is 22.6 Å². The highest BCUT2D eigenvalue weighted by atomic mass is 16.2. The van der Waals surface area contributed by atoms with Crippen LogP contribution in [0.3, 0.4) is 0 Å². The summed E-state index contributed by atoms with van der Waals surface area (Å²) in [6.07, 6.45) is 1.64. The van der Waals surface area contributed by atoms with E-state index in [-0.39, 0.29) is 11.1 Å². The fourth-order valence-corrected chi connectivity index (χ4v) is 2.91. The number of hydrogen-bond donors (Lipinski definition) is 1. The summed E-state index contributed by atoms with van der Waals surface area (Å²) in [4.78, 5) is 29.5. The van der Waals surface area contributed by atoms with Crippen molar-refractivity contribution in [3.8, 4) is 0 Å². The number of anilines is 1. The van der Waals surface area contributed by atoms with Gasteiger partial charge in [0.1, 0.15) is 11.2 Å². The number of benzene rings is 1. The van der Waals surface area contributed by atoms with Crippen molar-refractivity contribution in [3.05, 3.63) is 69.6 Å². The second-order valence-electron chi connectivity index (χ2n) is 5.85. The Balaban J connectivity index is 2.07. The van der Waals surface area contributed by atoms with Gasteiger partial charge in [-0.05, 0) is 62.2 Å². The zero-order valence-electron chi connectivity index (χ0n) is 14.0. The average Bonchev–Trinajstić information content (AvgIpc) is 2.53. The zero-order valence-corrected chi connectivity index (χ0v) is 14.0. The van der Waals surface area contributed by atoms with E-state index in [0.717, 1.165) is 16.5 Å². The predicted molar refractivity (Wildman–Crippen MR) is 95.5 cm³/mol. The fraction of sp³-hybridized carbons (Fsp3) is 0.211. The lowest BCUT2D eigenvalue weighted by Gasteiger charge is -2.11. The molecule has 0 aliphatic carbocycles. The van der Waals surface area contributed by atoms with Gasteiger partial charge in [0.05, 0.1) is 0 Å². The van der Waals surface area contributed by atoms with Gasteiger partial charge in [0, 0.05) is 23.8 Å². The molecule has 5 heteroatoms. The van der Waals surface area contributed by atoms with E-state index in [2.05, 4.69) is 10.3 Å². The van der Waals surface area contributed by atoms with E-state index in [0.29, 0.717) is 17.9 Å². The van der Waals surface area contributed by atoms with Crippen LogP contribution in [0.25, 0.3) is 11.0 Å². The second-order valence-corrected chi connectivity index (χ2v) is 5.85. The summed E-state index contributed by atoms with van der Waals surface area (Å²) in [7, 11) is 0. The number of hydrogen-bond acceptors (Lipinski definition) is 3. The number of amides is 1. The first-order valence-electron chi connectivity index (χ1n) is 7.88. The lowest BCUT2D eigenvalue weighted by atomic mass is 10.1. The van der Waals surface area contributed by atoms with Gasteiger partial charge in [-0.3, -0.25) is 14.2 Å². The largest absolute Gasteiger partial charge is 0.322 e. The molecule has 0 aliphatic rings. The summed E-state index contributed by atoms with van der Waals surface area (Å²) in [6, 6.07) is 11.0. The molecule has 0 radical (unpaired) electrons. The SMILES string of the molecule is CCn1c(=O)c(C(=O)Nc2cc(C)cc(C)c2)cc2cccnc21. The van der Waals surface area contributed by atoms with Crippen LogP contribution in [0.1, 0.15) is 28.4 Å². The molecule has 0 spiro atoms. The van der Waals surface area contributed by atoms with Gasteiger partial charge < -0.3 is 5.32 Å². The molecule has 0 aliphatic heterocycles. The summed E-state index contributed by atoms with van der Waals surface area (Å²) < 4.78 is 1.52. The summed E-state index contributed by atoms with van der Waals surface area (Å²) in [5.74, 6) is -0.405. The van der Waals surface area contributed by atoms with Gasteiger partial charge in [-0.1, -0.05) is 6.07 Å². The third kappa shape index (κ3) is 2.93. The third-order valence-electron chi connectivity index (χ3n) is 3.89. The highest BCUT2D eigenvalue weighted by Gasteiger charge is 2.16. The number of aryl methyl sites for hydroxylation is 3. The maximum absolute atomic E-state index is 12.6. The number of pyridine rings is 2. The maximum atomic E-state index is 12.6. The lowest BCUT2D eigenvalue weighted by molar-refractivity contribution is 0.102. The van der Waals surface area contributed by atoms with Crippen LogP contribution >= 0.6 is 0 Å². The van der Waals surface area contributed by atoms with Crippen molar-refractivity contribution in [2.24, 2.45) is 0 Å². The molecule has 0 saturated carbocycles. The Morgan fingerprint density at radius 2 is 1.88 bits per heavy atom. The number of rotatable bonds is 3. The van der Waals surface area contributed by atoms with Crippen LogP contribution < -0.4 is 10.9 Å². The molecule has 0 unspecified atom stereocenters. The van der Waals surface area contributed by atoms with Gasteiger partial charge in [-0.15, -0.1) is 0 Å². The Morgan fingerprint density at radius 1 is 1.17 bits per heavy atom. The van der Waals surface area contributed by atoms with Crippen LogP contribution in [0.2, 0.25) is 0 Å². The molecule has 0 atom stereocenters. The number of aromatic nitrogens is 2. The van der Waals surface area contributed by atoms with Crippen LogP contribution in [0, 0.1) is 13.8 Å². The molecule has 0 saturated heterocycles. The van der Waals surface area contributed by atoms with E-state index < -0.39 is 5.91 Å². The Hall–Kier alpha value is -2.95. The quantitative estimate of drug-likeness (QED) is 0.805. The fourth-order valence-electron chi connectivity index (χ4n) is 2.91. The topological polar surface area (TPSA) is 64.0 Å². The lowest BCUT2D eigenvalue weighted by Crippen LogP contribution is -2.29. The smallest absolute Gasteiger partial charge is 0.265 e. The Bertz CT molecular complexity index is 969. The van der Waals surface area contributed by atoms with Crippen molar-refractivity contribution in [2.45, 2.75) is 27.3 Å². The number of carbonyl (C=O) groups excluding carboxylic acids is 1. The summed E-state index contributed by atoms with van der Waals surface area (Å²) in [5, 5.41) is 3.59. The third-order valence-corrected chi connectivity index (χ3v) is 3.89. The summed E-state index contributed by atoms with van der Waals surface area (Å²) >= 11 is 0. The molecule has 2 aromatic heterocycles. The van der Waals surface area contributed by atoms with E-state index in [1.54, 1.807) is 18.3 Å². The second kappa shape index (κ2) is 6.28. The molecule has 5 nitrogen and oxygen atoms in total. The van der Waals surface area contributed by atoms with Crippen molar-refractivity contribution in [3.63, 3.8) is 0 Å². The molecule has 2 heterocycles. The summed E-state index contributed by atoms with van der Waals surface area (Å²) in [5.41, 5.74) is 3.18. The molecule has 0 bridgehead atoms. The monoisotopic (exact) mass is 321 g/mol. The first-order chi connectivity index (χ1) is 11.5. The Morgan fingerprint density at radius 3 is 2.54 bits per heavy atom. The van der Waals surface area contributed by atoms with Gasteiger partial charge in [-0.25, -0.2) is 4.98 Å². The highest BCUT2D eigenvalue weighted by molar-refractivity contribution is 6.05. The molecule has 1 amide bonds. The standard InChI is InChI=1S/C19H19N3O2/c1-4-22-17-14(6-5-7-20-17)11-16(19(22)24)18(23)21-15-9-12(2)8-13(3)10-15/h5-11H,4H2,1-3H3,(H,21,23). The van der Waals surface area contributed by atoms with Crippen LogP contribution in [0.4, 0.5) is 5.69 Å². The molecule has 24 heavy (non-hydrogen) atoms. The minimum Gasteiger partial charge on any atom is -0.322 e. The highest BCUT2D eigenvalue weighted by Crippen LogP contribution is 2.16. The van der Waals surface area contributed by atoms with Gasteiger partial charge in [0.2, 0.25) is 0 Å². The Kier molecular flexibility index (Phi) is 4.16. The minimum atomic E-state index is -0.405. The average molecular weight is 321 g/mol. The van der Waals surface area contributed by atoms with Crippen LogP contribution in [-0.2, 0) is 6.54 Å². The van der Waals surface area contributed by atoms with E-state index in [4.69, 9.17) is 0 Å². The minimum absolute atomic E-state index is 0.122. The van der Waals surface area contributed by atoms with Crippen LogP contribution in [0.5, 0.6) is 0 Å². The number of nitrogens with one attached hydrogen (secondary N) is 1. The zero-order chi connectivity index (χ0) is 17.3. The van der Waals surface area contributed by atoms with E-state index in [9.17, 15) is 9.59 Å². The normalized spacial score (nSPS) is 10.8. The molecule has 0 fully saturated rings. The number of nitrogens with zero attached hydrogens (tertiary/aromatic N) is 2. The van der Waals surface area contributed by atoms with Crippen molar-refractivity contribution < 1.29 is 4.79 Å². The van der Waals surface area contributed by atoms with Gasteiger partial charge in [0.25, 0.3) is 11.5 Å². The van der Waals surface area contributed by atoms with E-state index in [1.807, 2.05) is 45.0 Å². The van der Waals surface area contributed by atoms with E-state index in [1.165, 1.54) is 4.57 Å². The molecule has 122 valence electrons. The molecule has 1 aromatic carbocycles. The Labute approximate surface area is 140 Å². The first kappa shape index (κ1) is 15.9. The van der Waals surface area contributed by atoms with Crippen molar-refractivity contribution in [1.82, 2.24) is 9.55 Å². The molecular weight excluding hydrogens is 302 g/mol. The molecule has 3 aromatic rings. The van der Waals surface area contributed by atoms with E-state index >= 15 is 0 Å². The predicted octanol–water partition coefficient (Wildman–Crippen LogP) is 3.29. The van der Waals surface area contributed by atoms with Gasteiger partial charge >= 0.3 is 0 Å². The van der Waals surface area contributed by atoms with Crippen LogP contribution in [-0.4, -0.2) is 15.5 Å². The summed E-state index contributed by atoms with van der Waals surface area (Å²) in [6.45, 7) is 6.25. The number of carbonyl (C=O) groups is 1. The van der Waals surface area contributed by atoms with Gasteiger partial charge in [0.15, 0.2) is 0 Å².